The Morgan fingerprint density at radius 3 is 2.48 bits per heavy atom. The number of halogens is 2. The minimum Gasteiger partial charge on any atom is -0.454 e. The van der Waals surface area contributed by atoms with Gasteiger partial charge in [-0.1, -0.05) is 30.0 Å². The standard InChI is InChI=1S/C20H13F2NO3S/c21-16-9-8-13(11-17(16)22)18(24)12-26-20(25)15-7-4-10-23-19(15)27-14-5-2-1-3-6-14/h1-11H,12H2. The van der Waals surface area contributed by atoms with Crippen molar-refractivity contribution in [3.05, 3.63) is 89.6 Å². The van der Waals surface area contributed by atoms with E-state index in [-0.39, 0.29) is 11.1 Å². The number of Topliss-reactive ketones (excluding diaryl/α,β-unsaturated/α-hetero) is 1. The zero-order valence-electron chi connectivity index (χ0n) is 13.9. The summed E-state index contributed by atoms with van der Waals surface area (Å²) in [6.45, 7) is -0.589. The van der Waals surface area contributed by atoms with Gasteiger partial charge in [-0.05, 0) is 42.5 Å². The lowest BCUT2D eigenvalue weighted by Crippen LogP contribution is -2.15. The highest BCUT2D eigenvalue weighted by Crippen LogP contribution is 2.28. The first-order valence-electron chi connectivity index (χ1n) is 7.88. The molecule has 0 saturated heterocycles. The summed E-state index contributed by atoms with van der Waals surface area (Å²) in [7, 11) is 0. The van der Waals surface area contributed by atoms with E-state index in [4.69, 9.17) is 4.74 Å². The third kappa shape index (κ3) is 4.77. The number of pyridine rings is 1. The highest BCUT2D eigenvalue weighted by Gasteiger charge is 2.17. The van der Waals surface area contributed by atoms with Crippen molar-refractivity contribution >= 4 is 23.5 Å². The van der Waals surface area contributed by atoms with Crippen molar-refractivity contribution in [2.24, 2.45) is 0 Å². The van der Waals surface area contributed by atoms with Crippen molar-refractivity contribution in [2.75, 3.05) is 6.61 Å². The lowest BCUT2D eigenvalue weighted by molar-refractivity contribution is 0.0470. The smallest absolute Gasteiger partial charge is 0.341 e. The molecule has 136 valence electrons. The molecule has 0 aliphatic heterocycles. The molecule has 3 rings (SSSR count). The van der Waals surface area contributed by atoms with Crippen LogP contribution in [0.4, 0.5) is 8.78 Å². The van der Waals surface area contributed by atoms with Gasteiger partial charge in [0.05, 0.1) is 5.56 Å². The van der Waals surface area contributed by atoms with Gasteiger partial charge in [-0.25, -0.2) is 18.6 Å². The maximum absolute atomic E-state index is 13.2. The zero-order chi connectivity index (χ0) is 19.2. The van der Waals surface area contributed by atoms with Crippen LogP contribution in [-0.4, -0.2) is 23.3 Å². The second kappa shape index (κ2) is 8.55. The predicted octanol–water partition coefficient (Wildman–Crippen LogP) is 4.55. The Kier molecular flexibility index (Phi) is 5.93. The molecular formula is C20H13F2NO3S. The zero-order valence-corrected chi connectivity index (χ0v) is 14.7. The van der Waals surface area contributed by atoms with Crippen LogP contribution in [0.5, 0.6) is 0 Å². The van der Waals surface area contributed by atoms with Crippen molar-refractivity contribution < 1.29 is 23.1 Å². The molecule has 2 aromatic carbocycles. The molecular weight excluding hydrogens is 372 g/mol. The van der Waals surface area contributed by atoms with Crippen molar-refractivity contribution in [1.82, 2.24) is 4.98 Å². The van der Waals surface area contributed by atoms with E-state index in [9.17, 15) is 18.4 Å². The summed E-state index contributed by atoms with van der Waals surface area (Å²) < 4.78 is 31.2. The second-order valence-electron chi connectivity index (χ2n) is 5.40. The Morgan fingerprint density at radius 1 is 0.963 bits per heavy atom. The van der Waals surface area contributed by atoms with E-state index < -0.39 is 30.0 Å². The van der Waals surface area contributed by atoms with Crippen LogP contribution in [0.25, 0.3) is 0 Å². The van der Waals surface area contributed by atoms with Gasteiger partial charge >= 0.3 is 5.97 Å². The molecule has 0 bridgehead atoms. The van der Waals surface area contributed by atoms with E-state index in [2.05, 4.69) is 4.98 Å². The van der Waals surface area contributed by atoms with E-state index in [1.165, 1.54) is 11.8 Å². The van der Waals surface area contributed by atoms with Gasteiger partial charge in [0.25, 0.3) is 0 Å². The van der Waals surface area contributed by atoms with Crippen LogP contribution in [-0.2, 0) is 4.74 Å². The second-order valence-corrected chi connectivity index (χ2v) is 6.46. The van der Waals surface area contributed by atoms with Crippen molar-refractivity contribution in [3.63, 3.8) is 0 Å². The van der Waals surface area contributed by atoms with E-state index in [1.807, 2.05) is 30.3 Å². The SMILES string of the molecule is O=C(COC(=O)c1cccnc1Sc1ccccc1)c1ccc(F)c(F)c1. The number of hydrogen-bond acceptors (Lipinski definition) is 5. The van der Waals surface area contributed by atoms with Gasteiger partial charge < -0.3 is 4.74 Å². The first-order chi connectivity index (χ1) is 13.0. The lowest BCUT2D eigenvalue weighted by atomic mass is 10.1. The van der Waals surface area contributed by atoms with Crippen molar-refractivity contribution in [2.45, 2.75) is 9.92 Å². The summed E-state index contributed by atoms with van der Waals surface area (Å²) in [5.74, 6) is -3.55. The number of ketones is 1. The van der Waals surface area contributed by atoms with Crippen LogP contribution < -0.4 is 0 Å². The average Bonchev–Trinajstić information content (AvgIpc) is 2.69. The Balaban J connectivity index is 1.69. The van der Waals surface area contributed by atoms with Crippen LogP contribution in [0.15, 0.2) is 76.8 Å². The molecule has 0 saturated carbocycles. The number of nitrogens with zero attached hydrogens (tertiary/aromatic N) is 1. The average molecular weight is 385 g/mol. The van der Waals surface area contributed by atoms with Gasteiger partial charge in [0.15, 0.2) is 24.0 Å². The number of hydrogen-bond donors (Lipinski definition) is 0. The molecule has 0 atom stereocenters. The quantitative estimate of drug-likeness (QED) is 0.460. The molecule has 27 heavy (non-hydrogen) atoms. The fourth-order valence-corrected chi connectivity index (χ4v) is 3.08. The summed E-state index contributed by atoms with van der Waals surface area (Å²) in [5, 5.41) is 0.439. The summed E-state index contributed by atoms with van der Waals surface area (Å²) in [6, 6.07) is 15.2. The lowest BCUT2D eigenvalue weighted by Gasteiger charge is -2.08. The fraction of sp³-hybridized carbons (Fsp3) is 0.0500. The molecule has 0 amide bonds. The molecule has 4 nitrogen and oxygen atoms in total. The third-order valence-electron chi connectivity index (χ3n) is 3.52. The highest BCUT2D eigenvalue weighted by atomic mass is 32.2. The van der Waals surface area contributed by atoms with Crippen molar-refractivity contribution in [3.8, 4) is 0 Å². The predicted molar refractivity (Wildman–Crippen MR) is 95.8 cm³/mol. The number of carbonyl (C=O) groups excluding carboxylic acids is 2. The molecule has 0 spiro atoms. The van der Waals surface area contributed by atoms with Gasteiger partial charge in [0, 0.05) is 16.7 Å². The Morgan fingerprint density at radius 2 is 1.74 bits per heavy atom. The molecule has 1 aromatic heterocycles. The third-order valence-corrected chi connectivity index (χ3v) is 4.55. The Hall–Kier alpha value is -3.06. The molecule has 0 radical (unpaired) electrons. The van der Waals surface area contributed by atoms with E-state index >= 15 is 0 Å². The van der Waals surface area contributed by atoms with Gasteiger partial charge in [-0.3, -0.25) is 4.79 Å². The molecule has 0 unspecified atom stereocenters. The van der Waals surface area contributed by atoms with Crippen LogP contribution in [0.3, 0.4) is 0 Å². The van der Waals surface area contributed by atoms with Gasteiger partial charge in [-0.2, -0.15) is 0 Å². The Bertz CT molecular complexity index is 980. The van der Waals surface area contributed by atoms with Gasteiger partial charge in [0.1, 0.15) is 5.03 Å². The minimum atomic E-state index is -1.14. The molecule has 0 aliphatic rings. The van der Waals surface area contributed by atoms with Gasteiger partial charge in [-0.15, -0.1) is 0 Å². The van der Waals surface area contributed by atoms with Gasteiger partial charge in [0.2, 0.25) is 0 Å². The van der Waals surface area contributed by atoms with E-state index in [0.29, 0.717) is 5.03 Å². The number of ether oxygens (including phenoxy) is 1. The molecule has 0 fully saturated rings. The van der Waals surface area contributed by atoms with Crippen LogP contribution in [0.2, 0.25) is 0 Å². The molecule has 0 aliphatic carbocycles. The number of benzene rings is 2. The van der Waals surface area contributed by atoms with Crippen LogP contribution in [0, 0.1) is 11.6 Å². The number of carbonyl (C=O) groups is 2. The minimum absolute atomic E-state index is 0.0771. The molecule has 1 heterocycles. The maximum atomic E-state index is 13.2. The topological polar surface area (TPSA) is 56.3 Å². The fourth-order valence-electron chi connectivity index (χ4n) is 2.19. The normalized spacial score (nSPS) is 10.4. The molecule has 0 N–H and O–H groups in total. The highest BCUT2D eigenvalue weighted by molar-refractivity contribution is 7.99. The molecule has 3 aromatic rings. The largest absolute Gasteiger partial charge is 0.454 e. The maximum Gasteiger partial charge on any atom is 0.341 e. The first kappa shape index (κ1) is 18.7. The number of aromatic nitrogens is 1. The van der Waals surface area contributed by atoms with E-state index in [1.54, 1.807) is 18.3 Å². The Labute approximate surface area is 158 Å². The van der Waals surface area contributed by atoms with Crippen LogP contribution >= 0.6 is 11.8 Å². The first-order valence-corrected chi connectivity index (χ1v) is 8.69. The monoisotopic (exact) mass is 385 g/mol. The number of esters is 1. The summed E-state index contributed by atoms with van der Waals surface area (Å²) in [5.41, 5.74) is 0.135. The van der Waals surface area contributed by atoms with E-state index in [0.717, 1.165) is 23.1 Å². The van der Waals surface area contributed by atoms with Crippen LogP contribution in [0.1, 0.15) is 20.7 Å². The number of rotatable bonds is 6. The summed E-state index contributed by atoms with van der Waals surface area (Å²) >= 11 is 1.29. The summed E-state index contributed by atoms with van der Waals surface area (Å²) in [6.07, 6.45) is 1.55. The molecule has 7 heteroatoms. The summed E-state index contributed by atoms with van der Waals surface area (Å²) in [4.78, 5) is 29.5. The van der Waals surface area contributed by atoms with Crippen molar-refractivity contribution in [1.29, 1.82) is 0 Å².